The first-order valence-corrected chi connectivity index (χ1v) is 15.2. The second-order valence-electron chi connectivity index (χ2n) is 11.5. The van der Waals surface area contributed by atoms with E-state index in [1.807, 2.05) is 65.3 Å². The lowest BCUT2D eigenvalue weighted by Gasteiger charge is -2.49. The predicted octanol–water partition coefficient (Wildman–Crippen LogP) is 5.75. The maximum Gasteiger partial charge on any atom is 0.278 e. The third-order valence-electron chi connectivity index (χ3n) is 9.01. The van der Waals surface area contributed by atoms with Gasteiger partial charge in [0.2, 0.25) is 5.43 Å². The van der Waals surface area contributed by atoms with Gasteiger partial charge in [0.15, 0.2) is 11.4 Å². The number of benzene rings is 4. The van der Waals surface area contributed by atoms with Crippen molar-refractivity contribution in [3.63, 3.8) is 0 Å². The van der Waals surface area contributed by atoms with Crippen molar-refractivity contribution in [2.24, 2.45) is 0 Å². The van der Waals surface area contributed by atoms with E-state index in [0.29, 0.717) is 13.2 Å². The summed E-state index contributed by atoms with van der Waals surface area (Å²) in [5, 5.41) is 2.23. The van der Waals surface area contributed by atoms with Gasteiger partial charge in [-0.05, 0) is 51.9 Å². The highest BCUT2D eigenvalue weighted by Crippen LogP contribution is 2.55. The van der Waals surface area contributed by atoms with Crippen molar-refractivity contribution in [3.8, 4) is 11.5 Å². The molecule has 0 N–H and O–H groups in total. The monoisotopic (exact) mass is 593 g/mol. The number of ether oxygens (including phenoxy) is 2. The van der Waals surface area contributed by atoms with Gasteiger partial charge < -0.3 is 14.4 Å². The van der Waals surface area contributed by atoms with Crippen LogP contribution in [-0.2, 0) is 18.6 Å². The molecule has 222 valence electrons. The van der Waals surface area contributed by atoms with E-state index in [-0.39, 0.29) is 36.1 Å². The zero-order valence-corrected chi connectivity index (χ0v) is 24.6. The van der Waals surface area contributed by atoms with Crippen LogP contribution in [0.15, 0.2) is 132 Å². The molecule has 1 aromatic heterocycles. The average molecular weight is 594 g/mol. The van der Waals surface area contributed by atoms with Crippen LogP contribution in [0.1, 0.15) is 38.3 Å². The Morgan fingerprint density at radius 3 is 2.27 bits per heavy atom. The Labute approximate surface area is 261 Å². The SMILES string of the molecule is O=C1c2c(OCc3ccccc3)c(=O)ccn2N(C23C(=Cc4ccccc42)Cc2ccccc23)CN1CCOc1ccccc1. The van der Waals surface area contributed by atoms with Crippen LogP contribution >= 0.6 is 0 Å². The Bertz CT molecular complexity index is 2000. The fourth-order valence-electron chi connectivity index (χ4n) is 7.04. The summed E-state index contributed by atoms with van der Waals surface area (Å²) >= 11 is 0. The van der Waals surface area contributed by atoms with E-state index in [9.17, 15) is 9.59 Å². The number of fused-ring (bicyclic) bond motifs is 6. The summed E-state index contributed by atoms with van der Waals surface area (Å²) in [6, 6.07) is 37.7. The first-order chi connectivity index (χ1) is 22.1. The van der Waals surface area contributed by atoms with Gasteiger partial charge in [-0.25, -0.2) is 0 Å². The number of rotatable bonds is 8. The van der Waals surface area contributed by atoms with Gasteiger partial charge in [0.1, 0.15) is 31.2 Å². The maximum absolute atomic E-state index is 14.4. The molecule has 0 saturated carbocycles. The van der Waals surface area contributed by atoms with Gasteiger partial charge >= 0.3 is 0 Å². The van der Waals surface area contributed by atoms with Crippen molar-refractivity contribution in [3.05, 3.63) is 171 Å². The van der Waals surface area contributed by atoms with E-state index >= 15 is 0 Å². The first-order valence-electron chi connectivity index (χ1n) is 15.2. The number of nitrogens with zero attached hydrogens (tertiary/aromatic N) is 3. The number of amides is 1. The lowest BCUT2D eigenvalue weighted by atomic mass is 9.83. The summed E-state index contributed by atoms with van der Waals surface area (Å²) in [5.74, 6) is 0.508. The molecule has 7 heteroatoms. The lowest BCUT2D eigenvalue weighted by Crippen LogP contribution is -2.62. The van der Waals surface area contributed by atoms with E-state index in [1.54, 1.807) is 11.1 Å². The molecule has 5 aromatic rings. The van der Waals surface area contributed by atoms with E-state index < -0.39 is 5.54 Å². The predicted molar refractivity (Wildman–Crippen MR) is 173 cm³/mol. The second-order valence-corrected chi connectivity index (χ2v) is 11.5. The summed E-state index contributed by atoms with van der Waals surface area (Å²) in [6.07, 6.45) is 4.79. The molecule has 2 heterocycles. The summed E-state index contributed by atoms with van der Waals surface area (Å²) in [6.45, 7) is 1.07. The molecule has 0 bridgehead atoms. The molecule has 0 radical (unpaired) electrons. The molecule has 0 spiro atoms. The van der Waals surface area contributed by atoms with Crippen molar-refractivity contribution in [2.45, 2.75) is 18.6 Å². The normalized spacial score (nSPS) is 17.7. The fraction of sp³-hybridized carbons (Fsp3) is 0.158. The van der Waals surface area contributed by atoms with Crippen molar-refractivity contribution in [1.82, 2.24) is 9.58 Å². The van der Waals surface area contributed by atoms with Gasteiger partial charge in [-0.3, -0.25) is 19.3 Å². The van der Waals surface area contributed by atoms with E-state index in [1.165, 1.54) is 22.8 Å². The van der Waals surface area contributed by atoms with Crippen LogP contribution < -0.4 is 19.9 Å². The summed E-state index contributed by atoms with van der Waals surface area (Å²) in [4.78, 5) is 29.6. The van der Waals surface area contributed by atoms with Crippen LogP contribution in [0.2, 0.25) is 0 Å². The van der Waals surface area contributed by atoms with Crippen LogP contribution in [-0.4, -0.2) is 35.3 Å². The highest BCUT2D eigenvalue weighted by molar-refractivity contribution is 5.96. The molecule has 7 nitrogen and oxygen atoms in total. The van der Waals surface area contributed by atoms with Gasteiger partial charge in [-0.15, -0.1) is 0 Å². The molecule has 8 rings (SSSR count). The van der Waals surface area contributed by atoms with Gasteiger partial charge in [0.25, 0.3) is 5.91 Å². The quantitative estimate of drug-likeness (QED) is 0.229. The van der Waals surface area contributed by atoms with Gasteiger partial charge in [0.05, 0.1) is 6.54 Å². The highest BCUT2D eigenvalue weighted by Gasteiger charge is 2.55. The molecule has 3 aliphatic rings. The molecule has 0 saturated heterocycles. The lowest BCUT2D eigenvalue weighted by molar-refractivity contribution is 0.0635. The van der Waals surface area contributed by atoms with Crippen LogP contribution in [0.5, 0.6) is 11.5 Å². The zero-order valence-electron chi connectivity index (χ0n) is 24.6. The Kier molecular flexibility index (Phi) is 6.52. The number of aromatic nitrogens is 1. The molecule has 2 aliphatic carbocycles. The Morgan fingerprint density at radius 1 is 0.733 bits per heavy atom. The number of hydrogen-bond acceptors (Lipinski definition) is 5. The molecule has 1 aliphatic heterocycles. The van der Waals surface area contributed by atoms with Gasteiger partial charge in [0, 0.05) is 12.3 Å². The average Bonchev–Trinajstić information content (AvgIpc) is 3.57. The zero-order chi connectivity index (χ0) is 30.4. The minimum absolute atomic E-state index is 0.0459. The number of carbonyl (C=O) groups is 1. The largest absolute Gasteiger partial charge is 0.492 e. The van der Waals surface area contributed by atoms with Crippen molar-refractivity contribution < 1.29 is 14.3 Å². The van der Waals surface area contributed by atoms with E-state index in [4.69, 9.17) is 9.47 Å². The number of carbonyl (C=O) groups excluding carboxylic acids is 1. The molecule has 0 fully saturated rings. The second kappa shape index (κ2) is 10.9. The Hall–Kier alpha value is -5.56. The minimum atomic E-state index is -0.674. The summed E-state index contributed by atoms with van der Waals surface area (Å²) < 4.78 is 14.1. The standard InChI is InChI=1S/C38H31N3O4/c42-34-19-20-40-35(36(34)45-25-27-11-3-1-4-12-27)37(43)39(21-22-44-31-15-5-2-6-16-31)26-41(40)38-30(23-28-13-7-9-17-32(28)38)24-29-14-8-10-18-33(29)38/h1-20,23H,21-22,24-26H2. The molecular weight excluding hydrogens is 562 g/mol. The van der Waals surface area contributed by atoms with E-state index in [2.05, 4.69) is 59.6 Å². The molecular formula is C38H31N3O4. The third-order valence-corrected chi connectivity index (χ3v) is 9.01. The number of para-hydroxylation sites is 1. The summed E-state index contributed by atoms with van der Waals surface area (Å²) in [7, 11) is 0. The van der Waals surface area contributed by atoms with Crippen LogP contribution in [0, 0.1) is 0 Å². The van der Waals surface area contributed by atoms with Gasteiger partial charge in [-0.2, -0.15) is 0 Å². The topological polar surface area (TPSA) is 64.0 Å². The third kappa shape index (κ3) is 4.34. The van der Waals surface area contributed by atoms with Crippen molar-refractivity contribution in [1.29, 1.82) is 0 Å². The number of hydrogen-bond donors (Lipinski definition) is 0. The maximum atomic E-state index is 14.4. The van der Waals surface area contributed by atoms with Gasteiger partial charge in [-0.1, -0.05) is 103 Å². The summed E-state index contributed by atoms with van der Waals surface area (Å²) in [5.41, 5.74) is 6.07. The fourth-order valence-corrected chi connectivity index (χ4v) is 7.04. The Balaban J connectivity index is 1.27. The van der Waals surface area contributed by atoms with Crippen LogP contribution in [0.4, 0.5) is 0 Å². The molecule has 1 amide bonds. The first kappa shape index (κ1) is 27.0. The minimum Gasteiger partial charge on any atom is -0.492 e. The molecule has 45 heavy (non-hydrogen) atoms. The van der Waals surface area contributed by atoms with Crippen molar-refractivity contribution in [2.75, 3.05) is 24.8 Å². The molecule has 4 aromatic carbocycles. The van der Waals surface area contributed by atoms with Crippen LogP contribution in [0.25, 0.3) is 6.08 Å². The number of pyridine rings is 1. The highest BCUT2D eigenvalue weighted by atomic mass is 16.5. The molecule has 1 atom stereocenters. The van der Waals surface area contributed by atoms with Crippen LogP contribution in [0.3, 0.4) is 0 Å². The van der Waals surface area contributed by atoms with Crippen molar-refractivity contribution >= 4 is 12.0 Å². The Morgan fingerprint density at radius 2 is 1.44 bits per heavy atom. The van der Waals surface area contributed by atoms with E-state index in [0.717, 1.165) is 28.9 Å². The molecule has 1 unspecified atom stereocenters. The smallest absolute Gasteiger partial charge is 0.278 e.